The molecular formula is C16H21N5. The molecule has 0 amide bonds. The Kier molecular flexibility index (Phi) is 4.01. The number of nitrogens with two attached hydrogens (primary N) is 1. The lowest BCUT2D eigenvalue weighted by Gasteiger charge is -2.16. The SMILES string of the molecule is Cc1cn(N=Cc2ccccc2CN2CCCC2)c(N)n1. The summed E-state index contributed by atoms with van der Waals surface area (Å²) in [7, 11) is 0. The number of nitrogens with zero attached hydrogens (tertiary/aromatic N) is 4. The van der Waals surface area contributed by atoms with Crippen LogP contribution in [0.5, 0.6) is 0 Å². The van der Waals surface area contributed by atoms with Crippen molar-refractivity contribution in [2.75, 3.05) is 18.8 Å². The number of aryl methyl sites for hydroxylation is 1. The van der Waals surface area contributed by atoms with Gasteiger partial charge in [-0.15, -0.1) is 0 Å². The standard InChI is InChI=1S/C16H21N5/c1-13-11-21(16(17)19-13)18-10-14-6-2-3-7-15(14)12-20-8-4-5-9-20/h2-3,6-7,10-11H,4-5,8-9,12H2,1H3,(H2,17,19). The highest BCUT2D eigenvalue weighted by Crippen LogP contribution is 2.15. The molecule has 0 aliphatic carbocycles. The first kappa shape index (κ1) is 13.8. The maximum atomic E-state index is 5.81. The molecule has 1 fully saturated rings. The van der Waals surface area contributed by atoms with E-state index < -0.39 is 0 Å². The Morgan fingerprint density at radius 2 is 2.05 bits per heavy atom. The molecule has 1 aliphatic rings. The second-order valence-electron chi connectivity index (χ2n) is 5.51. The summed E-state index contributed by atoms with van der Waals surface area (Å²) in [6.45, 7) is 5.28. The molecule has 21 heavy (non-hydrogen) atoms. The molecule has 0 atom stereocenters. The molecule has 0 spiro atoms. The van der Waals surface area contributed by atoms with Crippen LogP contribution in [-0.2, 0) is 6.54 Å². The Morgan fingerprint density at radius 1 is 1.29 bits per heavy atom. The molecule has 2 N–H and O–H groups in total. The van der Waals surface area contributed by atoms with Crippen molar-refractivity contribution in [1.82, 2.24) is 14.6 Å². The summed E-state index contributed by atoms with van der Waals surface area (Å²) in [4.78, 5) is 6.64. The topological polar surface area (TPSA) is 59.4 Å². The summed E-state index contributed by atoms with van der Waals surface area (Å²) < 4.78 is 1.61. The van der Waals surface area contributed by atoms with Gasteiger partial charge < -0.3 is 5.73 Å². The Hall–Kier alpha value is -2.14. The van der Waals surface area contributed by atoms with Crippen LogP contribution in [0.2, 0.25) is 0 Å². The highest BCUT2D eigenvalue weighted by atomic mass is 15.4. The van der Waals surface area contributed by atoms with Gasteiger partial charge in [-0.25, -0.2) is 9.66 Å². The molecule has 5 nitrogen and oxygen atoms in total. The molecule has 5 heteroatoms. The third-order valence-electron chi connectivity index (χ3n) is 3.80. The second-order valence-corrected chi connectivity index (χ2v) is 5.51. The van der Waals surface area contributed by atoms with Crippen LogP contribution in [0.15, 0.2) is 35.6 Å². The highest BCUT2D eigenvalue weighted by Gasteiger charge is 2.12. The van der Waals surface area contributed by atoms with Gasteiger partial charge in [-0.2, -0.15) is 5.10 Å². The van der Waals surface area contributed by atoms with Crippen LogP contribution in [0.3, 0.4) is 0 Å². The number of aromatic nitrogens is 2. The molecule has 1 aliphatic heterocycles. The normalized spacial score (nSPS) is 16.0. The van der Waals surface area contributed by atoms with Gasteiger partial charge in [0.25, 0.3) is 0 Å². The van der Waals surface area contributed by atoms with Crippen molar-refractivity contribution in [2.45, 2.75) is 26.3 Å². The molecule has 1 aromatic heterocycles. The Labute approximate surface area is 125 Å². The number of benzene rings is 1. The van der Waals surface area contributed by atoms with E-state index in [1.807, 2.05) is 25.4 Å². The van der Waals surface area contributed by atoms with E-state index in [2.05, 4.69) is 33.2 Å². The van der Waals surface area contributed by atoms with Gasteiger partial charge in [0.15, 0.2) is 0 Å². The van der Waals surface area contributed by atoms with E-state index in [0.29, 0.717) is 5.95 Å². The summed E-state index contributed by atoms with van der Waals surface area (Å²) in [5, 5.41) is 4.42. The number of nitrogen functional groups attached to an aromatic ring is 1. The van der Waals surface area contributed by atoms with Crippen LogP contribution in [0.4, 0.5) is 5.95 Å². The van der Waals surface area contributed by atoms with E-state index in [1.165, 1.54) is 31.5 Å². The van der Waals surface area contributed by atoms with Gasteiger partial charge in [0.1, 0.15) is 0 Å². The van der Waals surface area contributed by atoms with E-state index in [9.17, 15) is 0 Å². The Morgan fingerprint density at radius 3 is 2.76 bits per heavy atom. The van der Waals surface area contributed by atoms with E-state index in [4.69, 9.17) is 5.73 Å². The van der Waals surface area contributed by atoms with Crippen LogP contribution >= 0.6 is 0 Å². The predicted molar refractivity (Wildman–Crippen MR) is 85.3 cm³/mol. The summed E-state index contributed by atoms with van der Waals surface area (Å²) in [5.41, 5.74) is 9.11. The molecule has 2 heterocycles. The first-order chi connectivity index (χ1) is 10.2. The average molecular weight is 283 g/mol. The fraction of sp³-hybridized carbons (Fsp3) is 0.375. The van der Waals surface area contributed by atoms with E-state index in [-0.39, 0.29) is 0 Å². The first-order valence-corrected chi connectivity index (χ1v) is 7.38. The fourth-order valence-electron chi connectivity index (χ4n) is 2.71. The Balaban J connectivity index is 1.79. The van der Waals surface area contributed by atoms with Gasteiger partial charge in [-0.3, -0.25) is 4.90 Å². The predicted octanol–water partition coefficient (Wildman–Crippen LogP) is 2.25. The zero-order chi connectivity index (χ0) is 14.7. The zero-order valence-corrected chi connectivity index (χ0v) is 12.4. The maximum Gasteiger partial charge on any atom is 0.221 e. The first-order valence-electron chi connectivity index (χ1n) is 7.38. The minimum atomic E-state index is 0.417. The van der Waals surface area contributed by atoms with E-state index in [1.54, 1.807) is 4.68 Å². The molecule has 3 rings (SSSR count). The van der Waals surface area contributed by atoms with Crippen LogP contribution in [-0.4, -0.2) is 33.9 Å². The maximum absolute atomic E-state index is 5.81. The van der Waals surface area contributed by atoms with Crippen molar-refractivity contribution in [3.63, 3.8) is 0 Å². The molecule has 0 saturated carbocycles. The van der Waals surface area contributed by atoms with Gasteiger partial charge in [-0.05, 0) is 44.0 Å². The highest BCUT2D eigenvalue weighted by molar-refractivity contribution is 5.81. The lowest BCUT2D eigenvalue weighted by atomic mass is 10.1. The number of rotatable bonds is 4. The Bertz CT molecular complexity index is 638. The number of imidazole rings is 1. The van der Waals surface area contributed by atoms with Gasteiger partial charge in [0.05, 0.1) is 18.1 Å². The molecule has 0 unspecified atom stereocenters. The van der Waals surface area contributed by atoms with Gasteiger partial charge in [0.2, 0.25) is 5.95 Å². The molecule has 0 radical (unpaired) electrons. The third-order valence-corrected chi connectivity index (χ3v) is 3.80. The zero-order valence-electron chi connectivity index (χ0n) is 12.4. The smallest absolute Gasteiger partial charge is 0.221 e. The molecule has 0 bridgehead atoms. The molecule has 1 saturated heterocycles. The number of hydrogen-bond donors (Lipinski definition) is 1. The number of likely N-dealkylation sites (tertiary alicyclic amines) is 1. The molecular weight excluding hydrogens is 262 g/mol. The minimum Gasteiger partial charge on any atom is -0.368 e. The van der Waals surface area contributed by atoms with E-state index in [0.717, 1.165) is 17.8 Å². The number of anilines is 1. The monoisotopic (exact) mass is 283 g/mol. The second kappa shape index (κ2) is 6.10. The minimum absolute atomic E-state index is 0.417. The van der Waals surface area contributed by atoms with Crippen LogP contribution in [0, 0.1) is 6.92 Å². The van der Waals surface area contributed by atoms with Gasteiger partial charge >= 0.3 is 0 Å². The third kappa shape index (κ3) is 3.31. The lowest BCUT2D eigenvalue weighted by molar-refractivity contribution is 0.331. The summed E-state index contributed by atoms with van der Waals surface area (Å²) in [6, 6.07) is 8.38. The molecule has 2 aromatic rings. The lowest BCUT2D eigenvalue weighted by Crippen LogP contribution is -2.19. The average Bonchev–Trinajstić information content (AvgIpc) is 3.08. The molecule has 1 aromatic carbocycles. The van der Waals surface area contributed by atoms with Gasteiger partial charge in [0, 0.05) is 6.54 Å². The summed E-state index contributed by atoms with van der Waals surface area (Å²) in [6.07, 6.45) is 6.31. The summed E-state index contributed by atoms with van der Waals surface area (Å²) >= 11 is 0. The summed E-state index contributed by atoms with van der Waals surface area (Å²) in [5.74, 6) is 0.417. The largest absolute Gasteiger partial charge is 0.368 e. The van der Waals surface area contributed by atoms with Crippen molar-refractivity contribution in [3.8, 4) is 0 Å². The van der Waals surface area contributed by atoms with Crippen molar-refractivity contribution in [2.24, 2.45) is 5.10 Å². The van der Waals surface area contributed by atoms with Crippen LogP contribution in [0.1, 0.15) is 29.7 Å². The van der Waals surface area contributed by atoms with Crippen molar-refractivity contribution in [3.05, 3.63) is 47.3 Å². The van der Waals surface area contributed by atoms with Gasteiger partial charge in [-0.1, -0.05) is 24.3 Å². The van der Waals surface area contributed by atoms with E-state index >= 15 is 0 Å². The quantitative estimate of drug-likeness (QED) is 0.876. The van der Waals surface area contributed by atoms with Crippen LogP contribution in [0.25, 0.3) is 0 Å². The molecule has 110 valence electrons. The fourth-order valence-corrected chi connectivity index (χ4v) is 2.71. The number of hydrogen-bond acceptors (Lipinski definition) is 4. The van der Waals surface area contributed by atoms with Crippen LogP contribution < -0.4 is 5.73 Å². The van der Waals surface area contributed by atoms with Crippen molar-refractivity contribution >= 4 is 12.2 Å². The van der Waals surface area contributed by atoms with Crippen molar-refractivity contribution < 1.29 is 0 Å². The van der Waals surface area contributed by atoms with Crippen molar-refractivity contribution in [1.29, 1.82) is 0 Å².